The van der Waals surface area contributed by atoms with Crippen molar-refractivity contribution in [3.8, 4) is 17.2 Å². The number of benzene rings is 1. The van der Waals surface area contributed by atoms with E-state index in [9.17, 15) is 0 Å². The quantitative estimate of drug-likeness (QED) is 0.784. The van der Waals surface area contributed by atoms with Gasteiger partial charge >= 0.3 is 0 Å². The lowest BCUT2D eigenvalue weighted by Crippen LogP contribution is -1.85. The summed E-state index contributed by atoms with van der Waals surface area (Å²) in [7, 11) is 1.62. The third kappa shape index (κ3) is 3.03. The zero-order valence-corrected chi connectivity index (χ0v) is 12.2. The van der Waals surface area contributed by atoms with E-state index in [2.05, 4.69) is 26.1 Å². The molecular weight excluding hydrogens is 320 g/mol. The van der Waals surface area contributed by atoms with E-state index >= 15 is 0 Å². The maximum absolute atomic E-state index is 5.63. The number of methoxy groups -OCH3 is 1. The molecule has 0 N–H and O–H groups in total. The van der Waals surface area contributed by atoms with Crippen LogP contribution in [0, 0.1) is 0 Å². The molecule has 96 valence electrons. The molecule has 0 radical (unpaired) electrons. The minimum Gasteiger partial charge on any atom is -0.497 e. The van der Waals surface area contributed by atoms with E-state index in [0.29, 0.717) is 24.1 Å². The molecule has 4 nitrogen and oxygen atoms in total. The highest BCUT2D eigenvalue weighted by molar-refractivity contribution is 9.10. The largest absolute Gasteiger partial charge is 0.497 e. The van der Waals surface area contributed by atoms with E-state index in [4.69, 9.17) is 20.8 Å². The Morgan fingerprint density at radius 1 is 1.39 bits per heavy atom. The SMILES string of the molecule is COc1ccc(Br)c(-c2nnc(CCCCl)o2)c1. The summed E-state index contributed by atoms with van der Waals surface area (Å²) in [4.78, 5) is 0. The predicted octanol–water partition coefficient (Wildman–Crippen LogP) is 3.68. The third-order valence-electron chi connectivity index (χ3n) is 2.40. The first kappa shape index (κ1) is 13.4. The Morgan fingerprint density at radius 3 is 2.94 bits per heavy atom. The average molecular weight is 332 g/mol. The van der Waals surface area contributed by atoms with Gasteiger partial charge in [-0.25, -0.2) is 0 Å². The van der Waals surface area contributed by atoms with Gasteiger partial charge in [-0.15, -0.1) is 21.8 Å². The van der Waals surface area contributed by atoms with Gasteiger partial charge in [0.15, 0.2) is 0 Å². The number of alkyl halides is 1. The van der Waals surface area contributed by atoms with E-state index in [1.807, 2.05) is 18.2 Å². The Labute approximate surface area is 118 Å². The highest BCUT2D eigenvalue weighted by Gasteiger charge is 2.12. The number of nitrogens with zero attached hydrogens (tertiary/aromatic N) is 2. The minimum atomic E-state index is 0.477. The van der Waals surface area contributed by atoms with Gasteiger partial charge in [-0.2, -0.15) is 0 Å². The summed E-state index contributed by atoms with van der Waals surface area (Å²) in [6, 6.07) is 5.60. The highest BCUT2D eigenvalue weighted by Crippen LogP contribution is 2.30. The smallest absolute Gasteiger partial charge is 0.249 e. The summed E-state index contributed by atoms with van der Waals surface area (Å²) in [6.45, 7) is 0. The molecule has 0 atom stereocenters. The van der Waals surface area contributed by atoms with Crippen LogP contribution in [0.15, 0.2) is 27.1 Å². The van der Waals surface area contributed by atoms with Crippen LogP contribution in [0.25, 0.3) is 11.5 Å². The summed E-state index contributed by atoms with van der Waals surface area (Å²) in [5.74, 6) is 2.40. The molecule has 2 rings (SSSR count). The lowest BCUT2D eigenvalue weighted by atomic mass is 10.2. The molecule has 0 fully saturated rings. The van der Waals surface area contributed by atoms with Crippen molar-refractivity contribution in [2.45, 2.75) is 12.8 Å². The lowest BCUT2D eigenvalue weighted by molar-refractivity contribution is 0.414. The summed E-state index contributed by atoms with van der Waals surface area (Å²) >= 11 is 9.08. The Balaban J connectivity index is 2.27. The Morgan fingerprint density at radius 2 is 2.22 bits per heavy atom. The Kier molecular flexibility index (Phi) is 4.60. The van der Waals surface area contributed by atoms with Gasteiger partial charge in [0.1, 0.15) is 5.75 Å². The Bertz CT molecular complexity index is 531. The molecule has 0 saturated heterocycles. The topological polar surface area (TPSA) is 48.2 Å². The second-order valence-corrected chi connectivity index (χ2v) is 4.87. The van der Waals surface area contributed by atoms with Gasteiger partial charge < -0.3 is 9.15 Å². The molecular formula is C12H12BrClN2O2. The molecule has 0 bridgehead atoms. The standard InChI is InChI=1S/C12H12BrClN2O2/c1-17-8-4-5-10(13)9(7-8)12-16-15-11(18-12)3-2-6-14/h4-5,7H,2-3,6H2,1H3. The summed E-state index contributed by atoms with van der Waals surface area (Å²) in [5.41, 5.74) is 0.818. The molecule has 6 heteroatoms. The summed E-state index contributed by atoms with van der Waals surface area (Å²) < 4.78 is 11.6. The molecule has 0 aliphatic carbocycles. The van der Waals surface area contributed by atoms with Crippen molar-refractivity contribution in [3.05, 3.63) is 28.6 Å². The monoisotopic (exact) mass is 330 g/mol. The maximum Gasteiger partial charge on any atom is 0.249 e. The van der Waals surface area contributed by atoms with Crippen LogP contribution in [-0.2, 0) is 6.42 Å². The van der Waals surface area contributed by atoms with Crippen LogP contribution >= 0.6 is 27.5 Å². The van der Waals surface area contributed by atoms with Crippen LogP contribution in [0.1, 0.15) is 12.3 Å². The molecule has 1 heterocycles. The fourth-order valence-corrected chi connectivity index (χ4v) is 2.03. The second-order valence-electron chi connectivity index (χ2n) is 3.64. The van der Waals surface area contributed by atoms with Crippen molar-refractivity contribution in [2.24, 2.45) is 0 Å². The highest BCUT2D eigenvalue weighted by atomic mass is 79.9. The van der Waals surface area contributed by atoms with Gasteiger partial charge in [0, 0.05) is 16.8 Å². The molecule has 1 aromatic carbocycles. The molecule has 0 aliphatic heterocycles. The van der Waals surface area contributed by atoms with Crippen LogP contribution < -0.4 is 4.74 Å². The fourth-order valence-electron chi connectivity index (χ4n) is 1.48. The normalized spacial score (nSPS) is 10.6. The van der Waals surface area contributed by atoms with Crippen molar-refractivity contribution >= 4 is 27.5 Å². The minimum absolute atomic E-state index is 0.477. The molecule has 2 aromatic rings. The van der Waals surface area contributed by atoms with E-state index in [-0.39, 0.29) is 0 Å². The van der Waals surface area contributed by atoms with E-state index in [0.717, 1.165) is 22.2 Å². The van der Waals surface area contributed by atoms with Crippen LogP contribution in [0.4, 0.5) is 0 Å². The summed E-state index contributed by atoms with van der Waals surface area (Å²) in [5, 5.41) is 8.02. The first-order chi connectivity index (χ1) is 8.74. The molecule has 0 unspecified atom stereocenters. The lowest BCUT2D eigenvalue weighted by Gasteiger charge is -2.03. The first-order valence-corrected chi connectivity index (χ1v) is 6.79. The predicted molar refractivity (Wildman–Crippen MR) is 73.0 cm³/mol. The average Bonchev–Trinajstić information content (AvgIpc) is 2.85. The van der Waals surface area contributed by atoms with Crippen molar-refractivity contribution in [2.75, 3.05) is 13.0 Å². The van der Waals surface area contributed by atoms with Gasteiger partial charge in [0.05, 0.1) is 12.7 Å². The van der Waals surface area contributed by atoms with Crippen LogP contribution in [0.3, 0.4) is 0 Å². The molecule has 0 amide bonds. The molecule has 18 heavy (non-hydrogen) atoms. The number of halogens is 2. The van der Waals surface area contributed by atoms with Crippen LogP contribution in [0.5, 0.6) is 5.75 Å². The van der Waals surface area contributed by atoms with Crippen LogP contribution in [-0.4, -0.2) is 23.2 Å². The zero-order valence-electron chi connectivity index (χ0n) is 9.82. The third-order valence-corrected chi connectivity index (χ3v) is 3.35. The van der Waals surface area contributed by atoms with Crippen molar-refractivity contribution in [3.63, 3.8) is 0 Å². The van der Waals surface area contributed by atoms with Gasteiger partial charge in [0.25, 0.3) is 0 Å². The van der Waals surface area contributed by atoms with Crippen molar-refractivity contribution in [1.29, 1.82) is 0 Å². The fraction of sp³-hybridized carbons (Fsp3) is 0.333. The van der Waals surface area contributed by atoms with E-state index in [1.54, 1.807) is 7.11 Å². The van der Waals surface area contributed by atoms with Gasteiger partial charge in [-0.05, 0) is 40.5 Å². The van der Waals surface area contributed by atoms with Gasteiger partial charge in [-0.3, -0.25) is 0 Å². The number of hydrogen-bond donors (Lipinski definition) is 0. The van der Waals surface area contributed by atoms with Gasteiger partial charge in [0.2, 0.25) is 11.8 Å². The van der Waals surface area contributed by atoms with E-state index in [1.165, 1.54) is 0 Å². The van der Waals surface area contributed by atoms with Gasteiger partial charge in [-0.1, -0.05) is 0 Å². The number of aryl methyl sites for hydroxylation is 1. The second kappa shape index (κ2) is 6.20. The number of aromatic nitrogens is 2. The van der Waals surface area contributed by atoms with Crippen molar-refractivity contribution < 1.29 is 9.15 Å². The molecule has 1 aromatic heterocycles. The van der Waals surface area contributed by atoms with Crippen LogP contribution in [0.2, 0.25) is 0 Å². The molecule has 0 spiro atoms. The maximum atomic E-state index is 5.63. The van der Waals surface area contributed by atoms with E-state index < -0.39 is 0 Å². The summed E-state index contributed by atoms with van der Waals surface area (Å²) in [6.07, 6.45) is 1.51. The zero-order chi connectivity index (χ0) is 13.0. The number of hydrogen-bond acceptors (Lipinski definition) is 4. The first-order valence-electron chi connectivity index (χ1n) is 5.47. The Hall–Kier alpha value is -1.07. The molecule has 0 saturated carbocycles. The van der Waals surface area contributed by atoms with Crippen molar-refractivity contribution in [1.82, 2.24) is 10.2 Å². The number of rotatable bonds is 5. The number of ether oxygens (including phenoxy) is 1. The molecule has 0 aliphatic rings.